The minimum Gasteiger partial charge on any atom is -0.854 e. The van der Waals surface area contributed by atoms with E-state index in [-0.39, 0.29) is 5.02 Å². The van der Waals surface area contributed by atoms with Crippen molar-refractivity contribution >= 4 is 23.2 Å². The van der Waals surface area contributed by atoms with Crippen LogP contribution in [0.5, 0.6) is 5.75 Å². The number of H-pyrrole nitrogens is 1. The van der Waals surface area contributed by atoms with E-state index in [2.05, 4.69) is 14.8 Å². The van der Waals surface area contributed by atoms with Crippen LogP contribution in [0.25, 0.3) is 5.69 Å². The number of aromatic nitrogens is 2. The zero-order valence-electron chi connectivity index (χ0n) is 14.1. The molecule has 0 aliphatic heterocycles. The number of benzene rings is 2. The quantitative estimate of drug-likeness (QED) is 0.403. The Morgan fingerprint density at radius 2 is 1.93 bits per heavy atom. The molecule has 0 saturated heterocycles. The molecule has 28 heavy (non-hydrogen) atoms. The first kappa shape index (κ1) is 19.5. The summed E-state index contributed by atoms with van der Waals surface area (Å²) in [6.45, 7) is 0. The van der Waals surface area contributed by atoms with Gasteiger partial charge in [-0.3, -0.25) is 9.52 Å². The predicted octanol–water partition coefficient (Wildman–Crippen LogP) is 2.36. The molecular weight excluding hydrogens is 403 g/mol. The van der Waals surface area contributed by atoms with E-state index in [1.807, 2.05) is 0 Å². The number of nitrogens with zero attached hydrogens (tertiary/aromatic N) is 2. The number of aliphatic imine (C=N–C) groups is 1. The molecule has 0 amide bonds. The average molecular weight is 414 g/mol. The molecule has 0 unspecified atom stereocenters. The number of methoxy groups -OCH3 is 1. The molecule has 3 aromatic rings. The molecule has 0 spiro atoms. The summed E-state index contributed by atoms with van der Waals surface area (Å²) in [7, 11) is 1.46. The number of aromatic amines is 1. The highest BCUT2D eigenvalue weighted by atomic mass is 35.5. The molecule has 146 valence electrons. The molecule has 1 heterocycles. The van der Waals surface area contributed by atoms with Gasteiger partial charge < -0.3 is 9.84 Å². The summed E-state index contributed by atoms with van der Waals surface area (Å²) in [5.74, 6) is -0.706. The highest BCUT2D eigenvalue weighted by Crippen LogP contribution is 2.37. The lowest BCUT2D eigenvalue weighted by molar-refractivity contribution is -0.673. The Morgan fingerprint density at radius 1 is 1.25 bits per heavy atom. The Bertz CT molecular complexity index is 1090. The fourth-order valence-corrected chi connectivity index (χ4v) is 2.54. The van der Waals surface area contributed by atoms with Crippen molar-refractivity contribution in [3.05, 3.63) is 69.2 Å². The molecule has 1 aromatic heterocycles. The van der Waals surface area contributed by atoms with Crippen LogP contribution >= 0.6 is 11.6 Å². The summed E-state index contributed by atoms with van der Waals surface area (Å²) >= 11 is 5.60. The van der Waals surface area contributed by atoms with E-state index >= 15 is 0 Å². The number of ether oxygens (including phenoxy) is 1. The normalized spacial score (nSPS) is 12.2. The summed E-state index contributed by atoms with van der Waals surface area (Å²) in [6, 6.07) is 8.86. The van der Waals surface area contributed by atoms with E-state index in [4.69, 9.17) is 16.3 Å². The third-order valence-corrected chi connectivity index (χ3v) is 3.90. The maximum absolute atomic E-state index is 13.2. The molecule has 0 aliphatic rings. The van der Waals surface area contributed by atoms with E-state index < -0.39 is 34.6 Å². The van der Waals surface area contributed by atoms with Crippen molar-refractivity contribution in [2.75, 3.05) is 7.11 Å². The van der Waals surface area contributed by atoms with E-state index in [1.165, 1.54) is 19.2 Å². The van der Waals surface area contributed by atoms with Crippen molar-refractivity contribution in [1.82, 2.24) is 5.27 Å². The molecule has 0 bridgehead atoms. The Hall–Kier alpha value is -3.27. The van der Waals surface area contributed by atoms with Gasteiger partial charge in [0.1, 0.15) is 5.75 Å². The number of nitrogens with one attached hydrogen (secondary N) is 1. The summed E-state index contributed by atoms with van der Waals surface area (Å²) in [5.41, 5.74) is -3.27. The van der Waals surface area contributed by atoms with Crippen LogP contribution in [-0.2, 0) is 6.18 Å². The minimum absolute atomic E-state index is 0.173. The van der Waals surface area contributed by atoms with Gasteiger partial charge in [0.05, 0.1) is 24.3 Å². The third kappa shape index (κ3) is 3.86. The largest absolute Gasteiger partial charge is 0.854 e. The highest BCUT2D eigenvalue weighted by Gasteiger charge is 2.34. The van der Waals surface area contributed by atoms with Gasteiger partial charge in [-0.25, -0.2) is 4.79 Å². The third-order valence-electron chi connectivity index (χ3n) is 3.67. The van der Waals surface area contributed by atoms with Crippen LogP contribution in [0, 0.1) is 0 Å². The summed E-state index contributed by atoms with van der Waals surface area (Å²) in [5, 5.41) is 14.5. The van der Waals surface area contributed by atoms with Crippen molar-refractivity contribution in [3.63, 3.8) is 0 Å². The van der Waals surface area contributed by atoms with Gasteiger partial charge in [-0.1, -0.05) is 11.6 Å². The molecule has 11 heteroatoms. The number of halogens is 4. The van der Waals surface area contributed by atoms with Crippen molar-refractivity contribution < 1.29 is 32.2 Å². The van der Waals surface area contributed by atoms with Gasteiger partial charge in [-0.05, 0) is 40.3 Å². The predicted molar refractivity (Wildman–Crippen MR) is 90.1 cm³/mol. The maximum Gasteiger partial charge on any atom is 0.436 e. The van der Waals surface area contributed by atoms with Gasteiger partial charge in [0, 0.05) is 17.2 Å². The van der Waals surface area contributed by atoms with Crippen LogP contribution in [0.15, 0.2) is 56.8 Å². The lowest BCUT2D eigenvalue weighted by Gasteiger charge is -2.12. The van der Waals surface area contributed by atoms with Crippen molar-refractivity contribution in [2.24, 2.45) is 4.99 Å². The maximum atomic E-state index is 13.2. The van der Waals surface area contributed by atoms with E-state index in [0.29, 0.717) is 17.5 Å². The Labute approximate surface area is 160 Å². The average Bonchev–Trinajstić information content (AvgIpc) is 3.04. The number of hydrogen-bond acceptors (Lipinski definition) is 5. The number of hydrogen-bond donors (Lipinski definition) is 1. The Kier molecular flexibility index (Phi) is 5.14. The van der Waals surface area contributed by atoms with Gasteiger partial charge >= 0.3 is 17.5 Å². The zero-order chi connectivity index (χ0) is 20.5. The first-order valence-corrected chi connectivity index (χ1v) is 7.99. The molecule has 3 rings (SSSR count). The molecule has 0 fully saturated rings. The second kappa shape index (κ2) is 7.39. The second-order valence-electron chi connectivity index (χ2n) is 5.44. The first-order valence-electron chi connectivity index (χ1n) is 7.61. The van der Waals surface area contributed by atoms with Crippen LogP contribution in [0.2, 0.25) is 5.02 Å². The number of alkyl halides is 3. The molecule has 0 radical (unpaired) electrons. The Morgan fingerprint density at radius 3 is 2.54 bits per heavy atom. The summed E-state index contributed by atoms with van der Waals surface area (Å²) in [4.78, 5) is 15.4. The zero-order valence-corrected chi connectivity index (χ0v) is 14.8. The molecule has 2 aromatic carbocycles. The van der Waals surface area contributed by atoms with Crippen molar-refractivity contribution in [1.29, 1.82) is 0 Å². The topological polar surface area (TPSA) is 94.5 Å². The lowest BCUT2D eigenvalue weighted by atomic mass is 10.1. The van der Waals surface area contributed by atoms with Crippen molar-refractivity contribution in [2.45, 2.75) is 6.18 Å². The summed E-state index contributed by atoms with van der Waals surface area (Å²) in [6.07, 6.45) is -4.79. The van der Waals surface area contributed by atoms with Crippen LogP contribution in [0.4, 0.5) is 18.9 Å². The minimum atomic E-state index is -4.79. The van der Waals surface area contributed by atoms with Crippen LogP contribution in [-0.4, -0.2) is 18.3 Å². The van der Waals surface area contributed by atoms with Gasteiger partial charge in [-0.2, -0.15) is 13.2 Å². The molecule has 1 N–H and O–H groups in total. The standard InChI is InChI=1S/C17H11ClF3N3O4/c1-27-11-5-3-10(4-6-11)24-14(16(26)28-23-24)15(25)22-13-7-2-9(18)8-12(13)17(19,20)21/h2-8H,1H3,(H-,22,23,25,26). The molecule has 0 atom stereocenters. The van der Waals surface area contributed by atoms with Crippen LogP contribution in [0.1, 0.15) is 11.3 Å². The smallest absolute Gasteiger partial charge is 0.436 e. The monoisotopic (exact) mass is 413 g/mol. The number of rotatable bonds is 4. The van der Waals surface area contributed by atoms with E-state index in [0.717, 1.165) is 16.8 Å². The van der Waals surface area contributed by atoms with Gasteiger partial charge in [0.15, 0.2) is 0 Å². The fourth-order valence-electron chi connectivity index (χ4n) is 2.36. The van der Waals surface area contributed by atoms with Gasteiger partial charge in [0.2, 0.25) is 5.69 Å². The van der Waals surface area contributed by atoms with Gasteiger partial charge in [-0.15, -0.1) is 0 Å². The second-order valence-corrected chi connectivity index (χ2v) is 5.88. The van der Waals surface area contributed by atoms with Gasteiger partial charge in [0.25, 0.3) is 0 Å². The summed E-state index contributed by atoms with van der Waals surface area (Å²) < 4.78 is 50.1. The van der Waals surface area contributed by atoms with Crippen LogP contribution < -0.4 is 20.2 Å². The Balaban J connectivity index is 2.10. The molecule has 0 aliphatic carbocycles. The highest BCUT2D eigenvalue weighted by molar-refractivity contribution is 6.30. The fraction of sp³-hybridized carbons (Fsp3) is 0.118. The first-order chi connectivity index (χ1) is 13.2. The van der Waals surface area contributed by atoms with Crippen LogP contribution in [0.3, 0.4) is 0 Å². The van der Waals surface area contributed by atoms with Crippen molar-refractivity contribution in [3.8, 4) is 11.4 Å². The molecule has 0 saturated carbocycles. The molecular formula is C17H11ClF3N3O4. The SMILES string of the molecule is COc1ccc(-[n+]2[nH]oc(=O)c2C([O-])=Nc2ccc(Cl)cc2C(F)(F)F)cc1. The van der Waals surface area contributed by atoms with E-state index in [1.54, 1.807) is 12.1 Å². The molecule has 7 nitrogen and oxygen atoms in total. The lowest BCUT2D eigenvalue weighted by Crippen LogP contribution is -2.44. The van der Waals surface area contributed by atoms with E-state index in [9.17, 15) is 23.1 Å².